The van der Waals surface area contributed by atoms with Crippen LogP contribution in [0.25, 0.3) is 0 Å². The first-order chi connectivity index (χ1) is 9.63. The van der Waals surface area contributed by atoms with Crippen molar-refractivity contribution in [1.82, 2.24) is 15.1 Å². The summed E-state index contributed by atoms with van der Waals surface area (Å²) in [6, 6.07) is 0.684. The van der Waals surface area contributed by atoms with E-state index in [1.165, 1.54) is 19.4 Å². The van der Waals surface area contributed by atoms with E-state index in [1.54, 1.807) is 0 Å². The van der Waals surface area contributed by atoms with Crippen LogP contribution in [0.2, 0.25) is 0 Å². The number of hydrogen-bond acceptors (Lipinski definition) is 4. The number of aliphatic hydroxyl groups excluding tert-OH is 1. The van der Waals surface area contributed by atoms with Gasteiger partial charge in [-0.25, -0.2) is 0 Å². The Bertz CT molecular complexity index is 279. The highest BCUT2D eigenvalue weighted by molar-refractivity contribution is 4.89. The summed E-state index contributed by atoms with van der Waals surface area (Å²) >= 11 is 0. The Hall–Kier alpha value is -0.160. The van der Waals surface area contributed by atoms with Gasteiger partial charge in [-0.2, -0.15) is 0 Å². The number of nitrogens with zero attached hydrogens (tertiary/aromatic N) is 2. The molecule has 2 rings (SSSR count). The highest BCUT2D eigenvalue weighted by atomic mass is 16.3. The first-order valence-electron chi connectivity index (χ1n) is 8.36. The lowest BCUT2D eigenvalue weighted by atomic mass is 9.72. The molecule has 4 atom stereocenters. The largest absolute Gasteiger partial charge is 0.395 e. The minimum Gasteiger partial charge on any atom is -0.395 e. The van der Waals surface area contributed by atoms with Crippen LogP contribution in [0, 0.1) is 17.8 Å². The fourth-order valence-corrected chi connectivity index (χ4v) is 4.18. The van der Waals surface area contributed by atoms with Crippen molar-refractivity contribution in [3.63, 3.8) is 0 Å². The number of β-amino-alcohol motifs (C(OH)–C–C–N with tert-alkyl or cyclic N) is 1. The van der Waals surface area contributed by atoms with Gasteiger partial charge < -0.3 is 15.3 Å². The fraction of sp³-hybridized carbons (Fsp3) is 1.00. The zero-order valence-electron chi connectivity index (χ0n) is 13.5. The van der Waals surface area contributed by atoms with E-state index in [-0.39, 0.29) is 0 Å². The summed E-state index contributed by atoms with van der Waals surface area (Å²) in [6.07, 6.45) is 2.71. The van der Waals surface area contributed by atoms with Gasteiger partial charge in [0, 0.05) is 45.3 Å². The minimum absolute atomic E-state index is 0.291. The Morgan fingerprint density at radius 2 is 1.70 bits per heavy atom. The van der Waals surface area contributed by atoms with Gasteiger partial charge in [0.25, 0.3) is 0 Å². The second-order valence-electron chi connectivity index (χ2n) is 6.98. The summed E-state index contributed by atoms with van der Waals surface area (Å²) in [5, 5.41) is 12.6. The Morgan fingerprint density at radius 3 is 2.30 bits per heavy atom. The molecule has 4 heteroatoms. The summed E-state index contributed by atoms with van der Waals surface area (Å²) in [5.74, 6) is 2.48. The third-order valence-corrected chi connectivity index (χ3v) is 5.40. The van der Waals surface area contributed by atoms with Crippen molar-refractivity contribution in [3.8, 4) is 0 Å². The van der Waals surface area contributed by atoms with Crippen LogP contribution in [0.4, 0.5) is 0 Å². The molecule has 118 valence electrons. The van der Waals surface area contributed by atoms with Crippen LogP contribution in [0.1, 0.15) is 26.7 Å². The highest BCUT2D eigenvalue weighted by Crippen LogP contribution is 2.34. The Morgan fingerprint density at radius 1 is 1.05 bits per heavy atom. The van der Waals surface area contributed by atoms with Crippen molar-refractivity contribution in [2.45, 2.75) is 32.7 Å². The summed E-state index contributed by atoms with van der Waals surface area (Å²) in [7, 11) is 2.13. The van der Waals surface area contributed by atoms with Crippen molar-refractivity contribution in [2.24, 2.45) is 17.8 Å². The zero-order valence-corrected chi connectivity index (χ0v) is 13.5. The molecule has 20 heavy (non-hydrogen) atoms. The molecule has 2 N–H and O–H groups in total. The van der Waals surface area contributed by atoms with Crippen molar-refractivity contribution < 1.29 is 5.11 Å². The monoisotopic (exact) mass is 283 g/mol. The van der Waals surface area contributed by atoms with Crippen LogP contribution >= 0.6 is 0 Å². The van der Waals surface area contributed by atoms with Crippen LogP contribution in [-0.2, 0) is 0 Å². The molecule has 1 aliphatic carbocycles. The Balaban J connectivity index is 1.83. The maximum absolute atomic E-state index is 9.01. The first-order valence-corrected chi connectivity index (χ1v) is 8.36. The van der Waals surface area contributed by atoms with Crippen LogP contribution in [0.3, 0.4) is 0 Å². The molecule has 4 nitrogen and oxygen atoms in total. The molecule has 0 spiro atoms. The topological polar surface area (TPSA) is 38.7 Å². The number of aliphatic hydroxyl groups is 1. The minimum atomic E-state index is 0.291. The molecule has 1 aliphatic heterocycles. The van der Waals surface area contributed by atoms with Crippen LogP contribution in [0.15, 0.2) is 0 Å². The van der Waals surface area contributed by atoms with Gasteiger partial charge in [-0.1, -0.05) is 13.8 Å². The maximum atomic E-state index is 9.01. The van der Waals surface area contributed by atoms with E-state index in [9.17, 15) is 0 Å². The second-order valence-corrected chi connectivity index (χ2v) is 6.98. The van der Waals surface area contributed by atoms with E-state index < -0.39 is 0 Å². The van der Waals surface area contributed by atoms with E-state index in [1.807, 2.05) is 0 Å². The van der Waals surface area contributed by atoms with Crippen LogP contribution < -0.4 is 5.32 Å². The summed E-state index contributed by atoms with van der Waals surface area (Å²) in [4.78, 5) is 5.01. The third-order valence-electron chi connectivity index (χ3n) is 5.40. The van der Waals surface area contributed by atoms with Gasteiger partial charge in [-0.05, 0) is 37.6 Å². The number of piperazine rings is 1. The summed E-state index contributed by atoms with van der Waals surface area (Å²) in [6.45, 7) is 11.8. The van der Waals surface area contributed by atoms with Crippen molar-refractivity contribution in [3.05, 3.63) is 0 Å². The quantitative estimate of drug-likeness (QED) is 0.785. The van der Waals surface area contributed by atoms with Gasteiger partial charge >= 0.3 is 0 Å². The van der Waals surface area contributed by atoms with E-state index in [4.69, 9.17) is 5.11 Å². The van der Waals surface area contributed by atoms with Gasteiger partial charge in [0.2, 0.25) is 0 Å². The number of nitrogens with one attached hydrogen (secondary N) is 1. The molecule has 2 fully saturated rings. The molecule has 1 saturated carbocycles. The third kappa shape index (κ3) is 4.17. The standard InChI is InChI=1S/C16H33N3O/c1-13-10-14(2)15(16(11-13)17-3)12-19-6-4-18(5-7-19)8-9-20/h13-17,20H,4-12H2,1-3H3. The Labute approximate surface area is 124 Å². The predicted octanol–water partition coefficient (Wildman–Crippen LogP) is 0.867. The van der Waals surface area contributed by atoms with Gasteiger partial charge in [0.05, 0.1) is 6.61 Å². The molecule has 0 aromatic rings. The molecule has 0 bridgehead atoms. The lowest BCUT2D eigenvalue weighted by Gasteiger charge is -2.43. The number of rotatable bonds is 5. The summed E-state index contributed by atoms with van der Waals surface area (Å²) in [5.41, 5.74) is 0. The average molecular weight is 283 g/mol. The van der Waals surface area contributed by atoms with Crippen LogP contribution in [0.5, 0.6) is 0 Å². The van der Waals surface area contributed by atoms with Gasteiger partial charge in [-0.3, -0.25) is 4.90 Å². The van der Waals surface area contributed by atoms with Gasteiger partial charge in [0.15, 0.2) is 0 Å². The molecule has 2 aliphatic rings. The fourth-order valence-electron chi connectivity index (χ4n) is 4.18. The van der Waals surface area contributed by atoms with Gasteiger partial charge in [0.1, 0.15) is 0 Å². The molecule has 4 unspecified atom stereocenters. The molecule has 0 aromatic carbocycles. The molecule has 0 aromatic heterocycles. The van der Waals surface area contributed by atoms with E-state index in [2.05, 4.69) is 36.0 Å². The molecular formula is C16H33N3O. The first kappa shape index (κ1) is 16.2. The van der Waals surface area contributed by atoms with Crippen molar-refractivity contribution in [1.29, 1.82) is 0 Å². The maximum Gasteiger partial charge on any atom is 0.0558 e. The Kier molecular flexibility index (Phi) is 6.27. The SMILES string of the molecule is CNC1CC(C)CC(C)C1CN1CCN(CCO)CC1. The molecular weight excluding hydrogens is 250 g/mol. The zero-order chi connectivity index (χ0) is 14.5. The summed E-state index contributed by atoms with van der Waals surface area (Å²) < 4.78 is 0. The van der Waals surface area contributed by atoms with E-state index in [0.29, 0.717) is 12.6 Å². The van der Waals surface area contributed by atoms with Crippen LogP contribution in [-0.4, -0.2) is 73.9 Å². The lowest BCUT2D eigenvalue weighted by Crippen LogP contribution is -2.53. The highest BCUT2D eigenvalue weighted by Gasteiger charge is 2.34. The lowest BCUT2D eigenvalue weighted by molar-refractivity contribution is 0.0644. The predicted molar refractivity (Wildman–Crippen MR) is 83.9 cm³/mol. The van der Waals surface area contributed by atoms with E-state index in [0.717, 1.165) is 50.5 Å². The van der Waals surface area contributed by atoms with Gasteiger partial charge in [-0.15, -0.1) is 0 Å². The molecule has 0 radical (unpaired) electrons. The molecule has 1 heterocycles. The average Bonchev–Trinajstić information content (AvgIpc) is 2.43. The second kappa shape index (κ2) is 7.74. The smallest absolute Gasteiger partial charge is 0.0558 e. The van der Waals surface area contributed by atoms with Crippen molar-refractivity contribution >= 4 is 0 Å². The molecule has 0 amide bonds. The normalized spacial score (nSPS) is 37.2. The van der Waals surface area contributed by atoms with Crippen molar-refractivity contribution in [2.75, 3.05) is 52.9 Å². The van der Waals surface area contributed by atoms with E-state index >= 15 is 0 Å². The molecule has 1 saturated heterocycles. The number of hydrogen-bond donors (Lipinski definition) is 2.